The molecule has 0 saturated carbocycles. The molecule has 3 nitrogen and oxygen atoms in total. The third-order valence-corrected chi connectivity index (χ3v) is 7.73. The number of rotatable bonds is 6. The number of hydrogen-bond donors (Lipinski definition) is 1. The number of amidine groups is 1. The van der Waals surface area contributed by atoms with Crippen LogP contribution in [0.4, 0.5) is 11.4 Å². The number of nitrogens with one attached hydrogen (secondary N) is 1. The molecule has 7 rings (SSSR count). The van der Waals surface area contributed by atoms with Crippen molar-refractivity contribution in [2.24, 2.45) is 0 Å². The second kappa shape index (κ2) is 10.7. The van der Waals surface area contributed by atoms with Gasteiger partial charge < -0.3 is 4.42 Å². The zero-order valence-electron chi connectivity index (χ0n) is 23.0. The summed E-state index contributed by atoms with van der Waals surface area (Å²) in [6.07, 6.45) is 1.68. The average Bonchev–Trinajstić information content (AvgIpc) is 3.44. The van der Waals surface area contributed by atoms with Crippen LogP contribution in [0.3, 0.4) is 0 Å². The molecule has 0 aliphatic heterocycles. The Morgan fingerprint density at radius 1 is 0.571 bits per heavy atom. The Bertz CT molecular complexity index is 2050. The van der Waals surface area contributed by atoms with Gasteiger partial charge in [0.25, 0.3) is 0 Å². The summed E-state index contributed by atoms with van der Waals surface area (Å²) in [5.41, 5.74) is 7.81. The van der Waals surface area contributed by atoms with Gasteiger partial charge in [-0.05, 0) is 69.4 Å². The van der Waals surface area contributed by atoms with Gasteiger partial charge in [0.2, 0.25) is 0 Å². The molecule has 1 N–H and O–H groups in total. The third kappa shape index (κ3) is 4.47. The summed E-state index contributed by atoms with van der Waals surface area (Å²) in [6, 6.07) is 49.8. The summed E-state index contributed by atoms with van der Waals surface area (Å²) in [7, 11) is 0. The zero-order chi connectivity index (χ0) is 28.5. The first-order valence-corrected chi connectivity index (χ1v) is 14.0. The normalized spacial score (nSPS) is 11.0. The van der Waals surface area contributed by atoms with E-state index in [-0.39, 0.29) is 0 Å². The van der Waals surface area contributed by atoms with Crippen molar-refractivity contribution < 1.29 is 4.42 Å². The lowest BCUT2D eigenvalue weighted by Crippen LogP contribution is -2.26. The Labute approximate surface area is 245 Å². The second-order valence-electron chi connectivity index (χ2n) is 10.2. The molecule has 1 heterocycles. The minimum atomic E-state index is 0.320. The fourth-order valence-corrected chi connectivity index (χ4v) is 5.67. The molecule has 0 aliphatic rings. The number of furan rings is 1. The van der Waals surface area contributed by atoms with Crippen LogP contribution in [-0.2, 0) is 0 Å². The summed E-state index contributed by atoms with van der Waals surface area (Å²) in [5, 5.41) is 12.9. The molecule has 0 saturated heterocycles. The van der Waals surface area contributed by atoms with E-state index in [0.717, 1.165) is 39.0 Å². The molecule has 0 unspecified atom stereocenters. The molecule has 0 fully saturated rings. The highest BCUT2D eigenvalue weighted by atomic mass is 16.3. The fraction of sp³-hybridized carbons (Fsp3) is 0. The predicted molar refractivity (Wildman–Crippen MR) is 177 cm³/mol. The lowest BCUT2D eigenvalue weighted by Gasteiger charge is -2.26. The van der Waals surface area contributed by atoms with Crippen molar-refractivity contribution in [1.82, 2.24) is 0 Å². The van der Waals surface area contributed by atoms with Crippen LogP contribution in [-0.4, -0.2) is 5.84 Å². The minimum Gasteiger partial charge on any atom is -0.456 e. The van der Waals surface area contributed by atoms with Gasteiger partial charge in [0.15, 0.2) is 0 Å². The summed E-state index contributed by atoms with van der Waals surface area (Å²) in [4.78, 5) is 1.98. The lowest BCUT2D eigenvalue weighted by atomic mass is 9.98. The average molecular weight is 541 g/mol. The first-order valence-electron chi connectivity index (χ1n) is 14.0. The molecule has 0 atom stereocenters. The van der Waals surface area contributed by atoms with Crippen molar-refractivity contribution in [2.45, 2.75) is 0 Å². The van der Waals surface area contributed by atoms with E-state index in [4.69, 9.17) is 4.42 Å². The standard InChI is InChI=1S/C39H28N2O/c1-2-36-38(35-16-8-9-18-37(35)42-36)39(40)41(31-23-19-28(20-24-31)27-11-4-3-5-12-27)32-25-21-30(22-26-32)34-17-10-14-29-13-6-7-15-33(29)34/h2-26,40H,1H2. The van der Waals surface area contributed by atoms with Crippen LogP contribution in [0.15, 0.2) is 157 Å². The van der Waals surface area contributed by atoms with Crippen molar-refractivity contribution in [3.63, 3.8) is 0 Å². The molecule has 3 heteroatoms. The Balaban J connectivity index is 1.35. The van der Waals surface area contributed by atoms with Gasteiger partial charge in [0, 0.05) is 16.8 Å². The van der Waals surface area contributed by atoms with Gasteiger partial charge in [0.05, 0.1) is 5.56 Å². The lowest BCUT2D eigenvalue weighted by molar-refractivity contribution is 0.603. The highest BCUT2D eigenvalue weighted by Gasteiger charge is 2.24. The second-order valence-corrected chi connectivity index (χ2v) is 10.2. The van der Waals surface area contributed by atoms with E-state index < -0.39 is 0 Å². The summed E-state index contributed by atoms with van der Waals surface area (Å²) in [6.45, 7) is 3.98. The van der Waals surface area contributed by atoms with Crippen molar-refractivity contribution >= 4 is 45.0 Å². The molecule has 0 amide bonds. The number of fused-ring (bicyclic) bond motifs is 2. The van der Waals surface area contributed by atoms with Crippen molar-refractivity contribution in [3.05, 3.63) is 163 Å². The van der Waals surface area contributed by atoms with Crippen LogP contribution in [0, 0.1) is 5.41 Å². The van der Waals surface area contributed by atoms with Crippen LogP contribution < -0.4 is 4.90 Å². The maximum atomic E-state index is 9.57. The fourth-order valence-electron chi connectivity index (χ4n) is 5.67. The third-order valence-electron chi connectivity index (χ3n) is 7.73. The van der Waals surface area contributed by atoms with E-state index in [1.165, 1.54) is 16.3 Å². The minimum absolute atomic E-state index is 0.320. The molecule has 0 spiro atoms. The van der Waals surface area contributed by atoms with Crippen molar-refractivity contribution in [1.29, 1.82) is 5.41 Å². The highest BCUT2D eigenvalue weighted by molar-refractivity contribution is 6.20. The number of anilines is 2. The van der Waals surface area contributed by atoms with E-state index in [2.05, 4.69) is 110 Å². The number of hydrogen-bond acceptors (Lipinski definition) is 2. The molecule has 42 heavy (non-hydrogen) atoms. The molecular formula is C39H28N2O. The van der Waals surface area contributed by atoms with Gasteiger partial charge in [-0.2, -0.15) is 0 Å². The molecule has 200 valence electrons. The van der Waals surface area contributed by atoms with E-state index in [9.17, 15) is 5.41 Å². The largest absolute Gasteiger partial charge is 0.456 e. The van der Waals surface area contributed by atoms with Gasteiger partial charge in [-0.25, -0.2) is 0 Å². The number of benzene rings is 6. The molecular weight excluding hydrogens is 512 g/mol. The summed E-state index contributed by atoms with van der Waals surface area (Å²) < 4.78 is 6.10. The molecule has 0 aliphatic carbocycles. The van der Waals surface area contributed by atoms with Gasteiger partial charge >= 0.3 is 0 Å². The van der Waals surface area contributed by atoms with Crippen molar-refractivity contribution in [2.75, 3.05) is 4.90 Å². The van der Waals surface area contributed by atoms with E-state index >= 15 is 0 Å². The molecule has 0 radical (unpaired) electrons. The molecule has 7 aromatic rings. The Hall–Kier alpha value is -5.67. The maximum absolute atomic E-state index is 9.57. The monoisotopic (exact) mass is 540 g/mol. The zero-order valence-corrected chi connectivity index (χ0v) is 23.0. The van der Waals surface area contributed by atoms with Crippen LogP contribution >= 0.6 is 0 Å². The van der Waals surface area contributed by atoms with E-state index in [1.54, 1.807) is 6.08 Å². The quantitative estimate of drug-likeness (QED) is 0.168. The molecule has 6 aromatic carbocycles. The Morgan fingerprint density at radius 3 is 1.86 bits per heavy atom. The SMILES string of the molecule is C=Cc1oc2ccccc2c1C(=N)N(c1ccc(-c2ccccc2)cc1)c1ccc(-c2cccc3ccccc23)cc1. The predicted octanol–water partition coefficient (Wildman–Crippen LogP) is 10.7. The Morgan fingerprint density at radius 2 is 1.14 bits per heavy atom. The summed E-state index contributed by atoms with van der Waals surface area (Å²) in [5.74, 6) is 0.903. The van der Waals surface area contributed by atoms with Crippen LogP contribution in [0.1, 0.15) is 11.3 Å². The Kier molecular flexibility index (Phi) is 6.46. The van der Waals surface area contributed by atoms with Gasteiger partial charge in [-0.3, -0.25) is 10.3 Å². The number of nitrogens with zero attached hydrogens (tertiary/aromatic N) is 1. The van der Waals surface area contributed by atoms with Crippen LogP contribution in [0.25, 0.3) is 50.1 Å². The van der Waals surface area contributed by atoms with E-state index in [1.807, 2.05) is 47.4 Å². The number of para-hydroxylation sites is 1. The highest BCUT2D eigenvalue weighted by Crippen LogP contribution is 2.36. The van der Waals surface area contributed by atoms with Crippen LogP contribution in [0.5, 0.6) is 0 Å². The smallest absolute Gasteiger partial charge is 0.141 e. The topological polar surface area (TPSA) is 40.2 Å². The summed E-state index contributed by atoms with van der Waals surface area (Å²) >= 11 is 0. The van der Waals surface area contributed by atoms with Crippen molar-refractivity contribution in [3.8, 4) is 22.3 Å². The van der Waals surface area contributed by atoms with Gasteiger partial charge in [-0.1, -0.05) is 122 Å². The van der Waals surface area contributed by atoms with E-state index in [0.29, 0.717) is 17.2 Å². The molecule has 1 aromatic heterocycles. The first kappa shape index (κ1) is 25.3. The van der Waals surface area contributed by atoms with Gasteiger partial charge in [0.1, 0.15) is 17.2 Å². The maximum Gasteiger partial charge on any atom is 0.141 e. The van der Waals surface area contributed by atoms with Crippen LogP contribution in [0.2, 0.25) is 0 Å². The first-order chi connectivity index (χ1) is 20.7. The van der Waals surface area contributed by atoms with Gasteiger partial charge in [-0.15, -0.1) is 0 Å². The molecule has 0 bridgehead atoms.